The summed E-state index contributed by atoms with van der Waals surface area (Å²) in [5.74, 6) is -0.881. The highest BCUT2D eigenvalue weighted by molar-refractivity contribution is 5.99. The molecule has 1 fully saturated rings. The summed E-state index contributed by atoms with van der Waals surface area (Å²) in [4.78, 5) is 13.8. The molecule has 1 aliphatic rings. The Morgan fingerprint density at radius 3 is 2.42 bits per heavy atom. The van der Waals surface area contributed by atoms with Crippen molar-refractivity contribution < 1.29 is 14.6 Å². The van der Waals surface area contributed by atoms with Crippen LogP contribution < -0.4 is 16.2 Å². The lowest BCUT2D eigenvalue weighted by atomic mass is 9.91. The average Bonchev–Trinajstić information content (AvgIpc) is 3.26. The van der Waals surface area contributed by atoms with Gasteiger partial charge in [0.1, 0.15) is 17.7 Å². The van der Waals surface area contributed by atoms with Crippen molar-refractivity contribution in [2.45, 2.75) is 24.9 Å². The molecule has 2 atom stereocenters. The number of likely N-dealkylation sites (tertiary alicyclic amines) is 1. The van der Waals surface area contributed by atoms with Gasteiger partial charge in [0.15, 0.2) is 5.96 Å². The van der Waals surface area contributed by atoms with Crippen LogP contribution in [0.15, 0.2) is 60.7 Å². The van der Waals surface area contributed by atoms with Crippen molar-refractivity contribution in [1.29, 1.82) is 10.8 Å². The number of ether oxygens (including phenoxy) is 1. The number of fused-ring (bicyclic) bond motifs is 1. The number of benzene rings is 3. The molecule has 3 aromatic rings. The SMILES string of the molecule is N=C(N)c1ccc2ccc(C[C@H](C(=O)O)c3ccc(O[C@H]4CCN(C(=N)N)C4)cc3)cc2c1. The Morgan fingerprint density at radius 1 is 1.06 bits per heavy atom. The van der Waals surface area contributed by atoms with Crippen molar-refractivity contribution in [1.82, 2.24) is 4.90 Å². The second-order valence-electron chi connectivity index (χ2n) is 8.33. The van der Waals surface area contributed by atoms with Gasteiger partial charge in [0, 0.05) is 18.5 Å². The third-order valence-electron chi connectivity index (χ3n) is 6.02. The number of carboxylic acids is 1. The van der Waals surface area contributed by atoms with E-state index in [1.807, 2.05) is 30.3 Å². The molecule has 4 rings (SSSR count). The zero-order valence-electron chi connectivity index (χ0n) is 18.1. The molecule has 0 spiro atoms. The molecular weight excluding hydrogens is 418 g/mol. The third-order valence-corrected chi connectivity index (χ3v) is 6.02. The number of hydrogen-bond acceptors (Lipinski definition) is 4. The van der Waals surface area contributed by atoms with Gasteiger partial charge in [0.2, 0.25) is 0 Å². The molecule has 0 aromatic heterocycles. The summed E-state index contributed by atoms with van der Waals surface area (Å²) in [5.41, 5.74) is 13.4. The van der Waals surface area contributed by atoms with Crippen LogP contribution in [0.25, 0.3) is 10.8 Å². The summed E-state index contributed by atoms with van der Waals surface area (Å²) in [6.45, 7) is 1.26. The van der Waals surface area contributed by atoms with Gasteiger partial charge in [-0.2, -0.15) is 0 Å². The zero-order valence-corrected chi connectivity index (χ0v) is 18.1. The fraction of sp³-hybridized carbons (Fsp3) is 0.240. The number of rotatable bonds is 7. The zero-order chi connectivity index (χ0) is 23.5. The fourth-order valence-electron chi connectivity index (χ4n) is 4.19. The molecule has 33 heavy (non-hydrogen) atoms. The number of amidine groups is 1. The first-order chi connectivity index (χ1) is 15.8. The van der Waals surface area contributed by atoms with E-state index >= 15 is 0 Å². The number of nitrogens with two attached hydrogens (primary N) is 2. The maximum atomic E-state index is 12.1. The Morgan fingerprint density at radius 2 is 1.79 bits per heavy atom. The van der Waals surface area contributed by atoms with Gasteiger partial charge in [-0.15, -0.1) is 0 Å². The Balaban J connectivity index is 1.49. The highest BCUT2D eigenvalue weighted by atomic mass is 16.5. The van der Waals surface area contributed by atoms with Gasteiger partial charge < -0.3 is 26.2 Å². The Bertz CT molecular complexity index is 1210. The molecule has 8 nitrogen and oxygen atoms in total. The van der Waals surface area contributed by atoms with E-state index in [4.69, 9.17) is 27.0 Å². The molecule has 8 heteroatoms. The minimum absolute atomic E-state index is 0.000343. The molecule has 7 N–H and O–H groups in total. The van der Waals surface area contributed by atoms with E-state index in [9.17, 15) is 9.90 Å². The molecule has 0 unspecified atom stereocenters. The first-order valence-corrected chi connectivity index (χ1v) is 10.8. The van der Waals surface area contributed by atoms with Crippen LogP contribution in [0, 0.1) is 10.8 Å². The standard InChI is InChI=1S/C25H27N5O3/c26-23(27)18-4-3-16-2-1-15(11-19(16)13-18)12-22(24(31)32)17-5-7-20(8-6-17)33-21-9-10-30(14-21)25(28)29/h1-8,11,13,21-22H,9-10,12,14H2,(H3,26,27)(H3,28,29)(H,31,32)/t21-,22-/m0/s1. The highest BCUT2D eigenvalue weighted by Crippen LogP contribution is 2.27. The van der Waals surface area contributed by atoms with Crippen LogP contribution in [0.1, 0.15) is 29.0 Å². The molecule has 0 bridgehead atoms. The predicted octanol–water partition coefficient (Wildman–Crippen LogP) is 2.88. The summed E-state index contributed by atoms with van der Waals surface area (Å²) in [7, 11) is 0. The summed E-state index contributed by atoms with van der Waals surface area (Å²) in [5, 5.41) is 27.0. The monoisotopic (exact) mass is 445 g/mol. The molecule has 1 saturated heterocycles. The van der Waals surface area contributed by atoms with Crippen LogP contribution >= 0.6 is 0 Å². The van der Waals surface area contributed by atoms with Gasteiger partial charge >= 0.3 is 5.97 Å². The van der Waals surface area contributed by atoms with E-state index in [0.717, 1.165) is 22.8 Å². The van der Waals surface area contributed by atoms with Gasteiger partial charge in [-0.25, -0.2) is 0 Å². The molecule has 0 aliphatic carbocycles. The molecule has 0 radical (unpaired) electrons. The molecule has 1 heterocycles. The smallest absolute Gasteiger partial charge is 0.311 e. The quantitative estimate of drug-likeness (QED) is 0.279. The normalized spacial score (nSPS) is 16.5. The van der Waals surface area contributed by atoms with Gasteiger partial charge in [0.25, 0.3) is 0 Å². The Hall–Kier alpha value is -4.07. The first-order valence-electron chi connectivity index (χ1n) is 10.8. The average molecular weight is 446 g/mol. The van der Waals surface area contributed by atoms with Gasteiger partial charge in [-0.05, 0) is 46.5 Å². The molecule has 170 valence electrons. The van der Waals surface area contributed by atoms with E-state index < -0.39 is 11.9 Å². The van der Waals surface area contributed by atoms with E-state index in [0.29, 0.717) is 36.4 Å². The van der Waals surface area contributed by atoms with Crippen LogP contribution in [0.2, 0.25) is 0 Å². The third kappa shape index (κ3) is 5.06. The minimum atomic E-state index is -0.894. The van der Waals surface area contributed by atoms with Gasteiger partial charge in [-0.3, -0.25) is 15.6 Å². The summed E-state index contributed by atoms with van der Waals surface area (Å²) in [6, 6.07) is 18.6. The maximum absolute atomic E-state index is 12.1. The molecule has 0 saturated carbocycles. The summed E-state index contributed by atoms with van der Waals surface area (Å²) < 4.78 is 5.98. The molecule has 0 amide bonds. The number of carbonyl (C=O) groups is 1. The lowest BCUT2D eigenvalue weighted by molar-refractivity contribution is -0.138. The summed E-state index contributed by atoms with van der Waals surface area (Å²) >= 11 is 0. The topological polar surface area (TPSA) is 150 Å². The number of nitrogens with one attached hydrogen (secondary N) is 2. The van der Waals surface area contributed by atoms with Crippen LogP contribution in [-0.4, -0.2) is 47.0 Å². The fourth-order valence-corrected chi connectivity index (χ4v) is 4.19. The molecular formula is C25H27N5O3. The van der Waals surface area contributed by atoms with Crippen molar-refractivity contribution in [2.75, 3.05) is 13.1 Å². The number of aliphatic carboxylic acids is 1. The van der Waals surface area contributed by atoms with Crippen LogP contribution in [-0.2, 0) is 11.2 Å². The maximum Gasteiger partial charge on any atom is 0.311 e. The second-order valence-corrected chi connectivity index (χ2v) is 8.33. The van der Waals surface area contributed by atoms with Crippen LogP contribution in [0.5, 0.6) is 5.75 Å². The number of nitrogen functional groups attached to an aromatic ring is 1. The largest absolute Gasteiger partial charge is 0.489 e. The number of guanidine groups is 1. The van der Waals surface area contributed by atoms with E-state index in [-0.39, 0.29) is 17.9 Å². The van der Waals surface area contributed by atoms with Gasteiger partial charge in [0.05, 0.1) is 12.5 Å². The van der Waals surface area contributed by atoms with Crippen molar-refractivity contribution in [3.63, 3.8) is 0 Å². The Kier molecular flexibility index (Phi) is 6.17. The Labute approximate surface area is 191 Å². The summed E-state index contributed by atoms with van der Waals surface area (Å²) in [6.07, 6.45) is 1.07. The van der Waals surface area contributed by atoms with Crippen molar-refractivity contribution >= 4 is 28.5 Å². The molecule has 1 aliphatic heterocycles. The minimum Gasteiger partial charge on any atom is -0.489 e. The first kappa shape index (κ1) is 22.1. The van der Waals surface area contributed by atoms with Crippen LogP contribution in [0.3, 0.4) is 0 Å². The highest BCUT2D eigenvalue weighted by Gasteiger charge is 2.25. The molecule has 3 aromatic carbocycles. The van der Waals surface area contributed by atoms with E-state index in [1.54, 1.807) is 35.2 Å². The van der Waals surface area contributed by atoms with Gasteiger partial charge in [-0.1, -0.05) is 42.5 Å². The van der Waals surface area contributed by atoms with Crippen LogP contribution in [0.4, 0.5) is 0 Å². The van der Waals surface area contributed by atoms with E-state index in [1.165, 1.54) is 0 Å². The number of hydrogen-bond donors (Lipinski definition) is 5. The van der Waals surface area contributed by atoms with E-state index in [2.05, 4.69) is 0 Å². The number of nitrogens with zero attached hydrogens (tertiary/aromatic N) is 1. The second kappa shape index (κ2) is 9.20. The predicted molar refractivity (Wildman–Crippen MR) is 128 cm³/mol. The lowest BCUT2D eigenvalue weighted by Crippen LogP contribution is -2.35. The van der Waals surface area contributed by atoms with Crippen molar-refractivity contribution in [3.05, 3.63) is 77.4 Å². The number of carboxylic acid groups (broad SMARTS) is 1. The van der Waals surface area contributed by atoms with Crippen molar-refractivity contribution in [3.8, 4) is 5.75 Å². The van der Waals surface area contributed by atoms with Crippen molar-refractivity contribution in [2.24, 2.45) is 11.5 Å². The lowest BCUT2D eigenvalue weighted by Gasteiger charge is -2.18.